The molecule has 34 heavy (non-hydrogen) atoms. The van der Waals surface area contributed by atoms with Crippen molar-refractivity contribution in [3.05, 3.63) is 58.9 Å². The monoisotopic (exact) mass is 484 g/mol. The molecule has 7 nitrogen and oxygen atoms in total. The molecule has 0 spiro atoms. The first-order chi connectivity index (χ1) is 16.0. The van der Waals surface area contributed by atoms with Crippen LogP contribution in [0.5, 0.6) is 0 Å². The van der Waals surface area contributed by atoms with Gasteiger partial charge in [-0.3, -0.25) is 9.78 Å². The molecular formula is C26H32N2O5S. The summed E-state index contributed by atoms with van der Waals surface area (Å²) in [5.74, 6) is 2.17. The lowest BCUT2D eigenvalue weighted by molar-refractivity contribution is -0.160. The van der Waals surface area contributed by atoms with Crippen LogP contribution in [0.25, 0.3) is 0 Å². The van der Waals surface area contributed by atoms with E-state index in [-0.39, 0.29) is 24.0 Å². The highest BCUT2D eigenvalue weighted by molar-refractivity contribution is 7.89. The number of pyridine rings is 1. The van der Waals surface area contributed by atoms with Crippen LogP contribution in [0.1, 0.15) is 49.1 Å². The first kappa shape index (κ1) is 25.9. The van der Waals surface area contributed by atoms with Gasteiger partial charge in [0.25, 0.3) is 0 Å². The maximum absolute atomic E-state index is 13.5. The van der Waals surface area contributed by atoms with Gasteiger partial charge in [0.15, 0.2) is 0 Å². The third-order valence-electron chi connectivity index (χ3n) is 6.29. The summed E-state index contributed by atoms with van der Waals surface area (Å²) < 4.78 is 39.4. The zero-order chi connectivity index (χ0) is 25.1. The lowest BCUT2D eigenvalue weighted by Gasteiger charge is -2.32. The van der Waals surface area contributed by atoms with Crippen molar-refractivity contribution < 1.29 is 22.7 Å². The fourth-order valence-corrected chi connectivity index (χ4v) is 6.14. The summed E-state index contributed by atoms with van der Waals surface area (Å²) in [5.41, 5.74) is 2.28. The molecule has 2 atom stereocenters. The molecule has 0 fully saturated rings. The van der Waals surface area contributed by atoms with Gasteiger partial charge >= 0.3 is 5.97 Å². The zero-order valence-corrected chi connectivity index (χ0v) is 21.2. The summed E-state index contributed by atoms with van der Waals surface area (Å²) in [6.45, 7) is 8.08. The van der Waals surface area contributed by atoms with Crippen molar-refractivity contribution in [1.29, 1.82) is 0 Å². The number of methoxy groups -OCH3 is 1. The maximum Gasteiger partial charge on any atom is 0.314 e. The fraction of sp³-hybridized carbons (Fsp3) is 0.462. The largest absolute Gasteiger partial charge is 0.469 e. The van der Waals surface area contributed by atoms with Crippen molar-refractivity contribution >= 4 is 16.0 Å². The number of fused-ring (bicyclic) bond motifs is 1. The summed E-state index contributed by atoms with van der Waals surface area (Å²) in [6.07, 6.45) is 8.47. The Hall–Kier alpha value is -2.73. The van der Waals surface area contributed by atoms with Crippen molar-refractivity contribution in [3.63, 3.8) is 0 Å². The molecule has 2 heterocycles. The second kappa shape index (κ2) is 10.3. The number of benzene rings is 1. The number of aromatic nitrogens is 1. The number of ether oxygens (including phenoxy) is 2. The fourth-order valence-electron chi connectivity index (χ4n) is 4.42. The van der Waals surface area contributed by atoms with Gasteiger partial charge in [0.2, 0.25) is 10.0 Å². The number of hydrogen-bond acceptors (Lipinski definition) is 6. The van der Waals surface area contributed by atoms with Gasteiger partial charge in [-0.1, -0.05) is 31.0 Å². The summed E-state index contributed by atoms with van der Waals surface area (Å²) >= 11 is 0. The standard InChI is InChI=1S/C26H32N2O5S/c1-7-12-33-24(26(4,5)25(29)32-6)21-9-8-19(3)22(14-21)17-28-16-18(2)13-20-10-11-27-15-23(20)34(28,30)31/h1,8-11,14-15,18,24H,12-13,16-17H2,2-6H3/t18-,24+/m0/s1. The van der Waals surface area contributed by atoms with Gasteiger partial charge in [0, 0.05) is 25.5 Å². The van der Waals surface area contributed by atoms with Gasteiger partial charge in [-0.05, 0) is 61.4 Å². The van der Waals surface area contributed by atoms with E-state index in [9.17, 15) is 13.2 Å². The zero-order valence-electron chi connectivity index (χ0n) is 20.4. The molecule has 0 saturated heterocycles. The average Bonchev–Trinajstić information content (AvgIpc) is 2.88. The molecule has 0 bridgehead atoms. The first-order valence-corrected chi connectivity index (χ1v) is 12.6. The number of carbonyl (C=O) groups is 1. The van der Waals surface area contributed by atoms with Crippen LogP contribution < -0.4 is 0 Å². The highest BCUT2D eigenvalue weighted by Crippen LogP contribution is 2.39. The molecule has 1 aromatic carbocycles. The Morgan fingerprint density at radius 1 is 1.35 bits per heavy atom. The number of terminal acetylenes is 1. The Balaban J connectivity index is 2.02. The third-order valence-corrected chi connectivity index (χ3v) is 8.18. The minimum Gasteiger partial charge on any atom is -0.469 e. The molecule has 1 aromatic heterocycles. The lowest BCUT2D eigenvalue weighted by atomic mass is 9.81. The van der Waals surface area contributed by atoms with E-state index in [4.69, 9.17) is 15.9 Å². The van der Waals surface area contributed by atoms with E-state index in [1.54, 1.807) is 26.1 Å². The van der Waals surface area contributed by atoms with Gasteiger partial charge in [0.1, 0.15) is 11.5 Å². The van der Waals surface area contributed by atoms with Crippen LogP contribution in [0.3, 0.4) is 0 Å². The highest BCUT2D eigenvalue weighted by Gasteiger charge is 2.40. The Labute approximate surface area is 202 Å². The summed E-state index contributed by atoms with van der Waals surface area (Å²) in [5, 5.41) is 0. The predicted molar refractivity (Wildman–Crippen MR) is 129 cm³/mol. The highest BCUT2D eigenvalue weighted by atomic mass is 32.2. The number of sulfonamides is 1. The molecule has 0 radical (unpaired) electrons. The molecule has 0 aliphatic carbocycles. The Morgan fingerprint density at radius 2 is 2.09 bits per heavy atom. The van der Waals surface area contributed by atoms with Crippen molar-refractivity contribution in [3.8, 4) is 12.3 Å². The number of rotatable bonds is 7. The van der Waals surface area contributed by atoms with E-state index in [1.807, 2.05) is 32.0 Å². The molecule has 0 saturated carbocycles. The molecule has 0 amide bonds. The van der Waals surface area contributed by atoms with Crippen molar-refractivity contribution in [1.82, 2.24) is 9.29 Å². The van der Waals surface area contributed by atoms with E-state index in [2.05, 4.69) is 10.9 Å². The number of hydrogen-bond donors (Lipinski definition) is 0. The molecule has 2 aromatic rings. The summed E-state index contributed by atoms with van der Waals surface area (Å²) in [4.78, 5) is 16.8. The Bertz CT molecular complexity index is 1200. The molecule has 1 aliphatic heterocycles. The molecule has 3 rings (SSSR count). The van der Waals surface area contributed by atoms with Crippen LogP contribution in [0.15, 0.2) is 41.6 Å². The van der Waals surface area contributed by atoms with Gasteiger partial charge in [0.05, 0.1) is 18.6 Å². The topological polar surface area (TPSA) is 85.8 Å². The van der Waals surface area contributed by atoms with E-state index in [0.29, 0.717) is 13.0 Å². The minimum atomic E-state index is -3.72. The first-order valence-electron chi connectivity index (χ1n) is 11.2. The molecule has 8 heteroatoms. The number of carbonyl (C=O) groups excluding carboxylic acids is 1. The van der Waals surface area contributed by atoms with Gasteiger partial charge in [-0.15, -0.1) is 6.42 Å². The number of esters is 1. The van der Waals surface area contributed by atoms with Crippen LogP contribution in [-0.4, -0.2) is 43.9 Å². The Kier molecular flexibility index (Phi) is 7.81. The van der Waals surface area contributed by atoms with Crippen LogP contribution in [0, 0.1) is 30.6 Å². The third kappa shape index (κ3) is 5.17. The van der Waals surface area contributed by atoms with Crippen LogP contribution in [-0.2, 0) is 37.3 Å². The van der Waals surface area contributed by atoms with Gasteiger partial charge in [-0.25, -0.2) is 8.42 Å². The predicted octanol–water partition coefficient (Wildman–Crippen LogP) is 3.66. The Morgan fingerprint density at radius 3 is 2.76 bits per heavy atom. The van der Waals surface area contributed by atoms with E-state index in [0.717, 1.165) is 22.3 Å². The number of aryl methyl sites for hydroxylation is 1. The van der Waals surface area contributed by atoms with E-state index in [1.165, 1.54) is 17.6 Å². The number of nitrogens with zero attached hydrogens (tertiary/aromatic N) is 2. The lowest BCUT2D eigenvalue weighted by Crippen LogP contribution is -2.35. The average molecular weight is 485 g/mol. The van der Waals surface area contributed by atoms with Crippen molar-refractivity contribution in [2.24, 2.45) is 11.3 Å². The normalized spacial score (nSPS) is 18.9. The minimum absolute atomic E-state index is 0.0239. The van der Waals surface area contributed by atoms with Crippen LogP contribution >= 0.6 is 0 Å². The van der Waals surface area contributed by atoms with Crippen molar-refractivity contribution in [2.75, 3.05) is 20.3 Å². The molecule has 1 aliphatic rings. The summed E-state index contributed by atoms with van der Waals surface area (Å²) in [7, 11) is -2.39. The van der Waals surface area contributed by atoms with Crippen LogP contribution in [0.4, 0.5) is 0 Å². The second-order valence-corrected chi connectivity index (χ2v) is 11.3. The molecule has 0 unspecified atom stereocenters. The van der Waals surface area contributed by atoms with Gasteiger partial charge < -0.3 is 9.47 Å². The van der Waals surface area contributed by atoms with Crippen molar-refractivity contribution in [2.45, 2.75) is 51.7 Å². The molecule has 0 N–H and O–H groups in total. The summed E-state index contributed by atoms with van der Waals surface area (Å²) in [6, 6.07) is 7.47. The smallest absolute Gasteiger partial charge is 0.314 e. The van der Waals surface area contributed by atoms with E-state index < -0.39 is 27.5 Å². The second-order valence-electron chi connectivity index (χ2n) is 9.38. The quantitative estimate of drug-likeness (QED) is 0.440. The molecular weight excluding hydrogens is 452 g/mol. The SMILES string of the molecule is C#CCO[C@H](c1ccc(C)c(CN2C[C@@H](C)Cc3ccncc3S2(=O)=O)c1)C(C)(C)C(=O)OC. The van der Waals surface area contributed by atoms with E-state index >= 15 is 0 Å². The molecule has 182 valence electrons. The maximum atomic E-state index is 13.5. The van der Waals surface area contributed by atoms with Gasteiger partial charge in [-0.2, -0.15) is 4.31 Å². The van der Waals surface area contributed by atoms with Crippen LogP contribution in [0.2, 0.25) is 0 Å².